The molecule has 1 aliphatic heterocycles. The number of nitrogens with zero attached hydrogens (tertiary/aromatic N) is 1. The third-order valence-corrected chi connectivity index (χ3v) is 2.65. The van der Waals surface area contributed by atoms with Crippen molar-refractivity contribution in [3.63, 3.8) is 0 Å². The van der Waals surface area contributed by atoms with Crippen LogP contribution in [0.3, 0.4) is 0 Å². The Morgan fingerprint density at radius 1 is 0.944 bits per heavy atom. The molecule has 18 heavy (non-hydrogen) atoms. The molecule has 0 aromatic carbocycles. The molecule has 2 N–H and O–H groups in total. The van der Waals surface area contributed by atoms with Crippen LogP contribution in [-0.4, -0.2) is 77.4 Å². The Kier molecular flexibility index (Phi) is 10.4. The monoisotopic (exact) mass is 261 g/mol. The normalized spacial score (nSPS) is 17.2. The van der Waals surface area contributed by atoms with Crippen molar-refractivity contribution in [2.24, 2.45) is 0 Å². The van der Waals surface area contributed by atoms with Crippen molar-refractivity contribution < 1.29 is 14.2 Å². The van der Waals surface area contributed by atoms with E-state index >= 15 is 0 Å². The first-order valence-corrected chi connectivity index (χ1v) is 6.86. The molecular formula is C12H27N3O3. The molecule has 0 spiro atoms. The second-order valence-electron chi connectivity index (χ2n) is 4.07. The SMILES string of the molecule is CCOCCOCCOCCNN1CCNCC1. The number of nitrogens with one attached hydrogen (secondary N) is 2. The summed E-state index contributed by atoms with van der Waals surface area (Å²) in [5, 5.41) is 5.55. The Labute approximate surface area is 110 Å². The molecule has 0 unspecified atom stereocenters. The van der Waals surface area contributed by atoms with Gasteiger partial charge in [0.05, 0.1) is 33.0 Å². The van der Waals surface area contributed by atoms with Gasteiger partial charge in [-0.05, 0) is 6.92 Å². The summed E-state index contributed by atoms with van der Waals surface area (Å²) in [6.45, 7) is 11.1. The molecule has 0 radical (unpaired) electrons. The average molecular weight is 261 g/mol. The van der Waals surface area contributed by atoms with Gasteiger partial charge in [-0.1, -0.05) is 0 Å². The molecule has 1 aliphatic rings. The van der Waals surface area contributed by atoms with Crippen molar-refractivity contribution in [3.05, 3.63) is 0 Å². The fraction of sp³-hybridized carbons (Fsp3) is 1.00. The Morgan fingerprint density at radius 2 is 1.56 bits per heavy atom. The van der Waals surface area contributed by atoms with E-state index in [1.807, 2.05) is 6.92 Å². The largest absolute Gasteiger partial charge is 0.379 e. The van der Waals surface area contributed by atoms with E-state index in [1.165, 1.54) is 0 Å². The molecule has 0 atom stereocenters. The summed E-state index contributed by atoms with van der Waals surface area (Å²) in [6.07, 6.45) is 0. The highest BCUT2D eigenvalue weighted by atomic mass is 16.5. The number of ether oxygens (including phenoxy) is 3. The molecular weight excluding hydrogens is 234 g/mol. The van der Waals surface area contributed by atoms with Crippen molar-refractivity contribution in [1.29, 1.82) is 0 Å². The number of piperazine rings is 1. The molecule has 0 saturated carbocycles. The predicted octanol–water partition coefficient (Wildman–Crippen LogP) is -0.534. The summed E-state index contributed by atoms with van der Waals surface area (Å²) in [4.78, 5) is 0. The van der Waals surface area contributed by atoms with Gasteiger partial charge in [-0.3, -0.25) is 5.43 Å². The predicted molar refractivity (Wildman–Crippen MR) is 70.6 cm³/mol. The van der Waals surface area contributed by atoms with Crippen LogP contribution in [0.5, 0.6) is 0 Å². The molecule has 1 rings (SSSR count). The van der Waals surface area contributed by atoms with E-state index < -0.39 is 0 Å². The van der Waals surface area contributed by atoms with Crippen LogP contribution in [0.2, 0.25) is 0 Å². The van der Waals surface area contributed by atoms with Gasteiger partial charge in [-0.2, -0.15) is 0 Å². The molecule has 1 heterocycles. The summed E-state index contributed by atoms with van der Waals surface area (Å²) in [5.41, 5.74) is 3.35. The van der Waals surface area contributed by atoms with Crippen molar-refractivity contribution in [1.82, 2.24) is 15.8 Å². The Hall–Kier alpha value is -0.240. The highest BCUT2D eigenvalue weighted by Crippen LogP contribution is 1.86. The van der Waals surface area contributed by atoms with E-state index in [0.717, 1.165) is 45.9 Å². The Morgan fingerprint density at radius 3 is 2.22 bits per heavy atom. The van der Waals surface area contributed by atoms with Gasteiger partial charge < -0.3 is 19.5 Å². The highest BCUT2D eigenvalue weighted by Gasteiger charge is 2.07. The topological polar surface area (TPSA) is 55.0 Å². The van der Waals surface area contributed by atoms with Gasteiger partial charge in [0.1, 0.15) is 0 Å². The minimum Gasteiger partial charge on any atom is -0.379 e. The Balaban J connectivity index is 1.73. The van der Waals surface area contributed by atoms with E-state index in [2.05, 4.69) is 15.8 Å². The fourth-order valence-corrected chi connectivity index (χ4v) is 1.68. The molecule has 0 aliphatic carbocycles. The fourth-order valence-electron chi connectivity index (χ4n) is 1.68. The number of rotatable bonds is 11. The van der Waals surface area contributed by atoms with E-state index in [1.54, 1.807) is 0 Å². The number of hydrazine groups is 1. The van der Waals surface area contributed by atoms with Crippen LogP contribution in [0.15, 0.2) is 0 Å². The minimum atomic E-state index is 0.640. The lowest BCUT2D eigenvalue weighted by Crippen LogP contribution is -2.50. The zero-order chi connectivity index (χ0) is 12.9. The summed E-state index contributed by atoms with van der Waals surface area (Å²) in [7, 11) is 0. The molecule has 1 saturated heterocycles. The van der Waals surface area contributed by atoms with E-state index in [0.29, 0.717) is 26.4 Å². The van der Waals surface area contributed by atoms with Gasteiger partial charge in [0.15, 0.2) is 0 Å². The summed E-state index contributed by atoms with van der Waals surface area (Å²) < 4.78 is 16.0. The molecule has 1 fully saturated rings. The number of hydrogen-bond donors (Lipinski definition) is 2. The first kappa shape index (κ1) is 15.8. The summed E-state index contributed by atoms with van der Waals surface area (Å²) in [5.74, 6) is 0. The third kappa shape index (κ3) is 8.79. The van der Waals surface area contributed by atoms with Crippen LogP contribution in [0.25, 0.3) is 0 Å². The molecule has 6 nitrogen and oxygen atoms in total. The van der Waals surface area contributed by atoms with Crippen LogP contribution in [0, 0.1) is 0 Å². The maximum Gasteiger partial charge on any atom is 0.0701 e. The molecule has 6 heteroatoms. The molecule has 0 amide bonds. The van der Waals surface area contributed by atoms with Crippen molar-refractivity contribution in [3.8, 4) is 0 Å². The maximum atomic E-state index is 5.46. The van der Waals surface area contributed by atoms with Gasteiger partial charge in [0, 0.05) is 39.3 Å². The second kappa shape index (κ2) is 11.8. The van der Waals surface area contributed by atoms with Gasteiger partial charge in [-0.25, -0.2) is 5.01 Å². The quantitative estimate of drug-likeness (QED) is 0.488. The highest BCUT2D eigenvalue weighted by molar-refractivity contribution is 4.63. The van der Waals surface area contributed by atoms with Gasteiger partial charge in [0.2, 0.25) is 0 Å². The van der Waals surface area contributed by atoms with Crippen molar-refractivity contribution in [2.45, 2.75) is 6.92 Å². The smallest absolute Gasteiger partial charge is 0.0701 e. The molecule has 0 aromatic rings. The van der Waals surface area contributed by atoms with Crippen LogP contribution < -0.4 is 10.7 Å². The lowest BCUT2D eigenvalue weighted by atomic mass is 10.4. The first-order valence-electron chi connectivity index (χ1n) is 6.86. The summed E-state index contributed by atoms with van der Waals surface area (Å²) in [6, 6.07) is 0. The second-order valence-corrected chi connectivity index (χ2v) is 4.07. The van der Waals surface area contributed by atoms with Gasteiger partial charge in [0.25, 0.3) is 0 Å². The zero-order valence-electron chi connectivity index (χ0n) is 11.5. The van der Waals surface area contributed by atoms with Crippen molar-refractivity contribution in [2.75, 3.05) is 72.4 Å². The average Bonchev–Trinajstić information content (AvgIpc) is 2.42. The summed E-state index contributed by atoms with van der Waals surface area (Å²) >= 11 is 0. The minimum absolute atomic E-state index is 0.640. The van der Waals surface area contributed by atoms with E-state index in [9.17, 15) is 0 Å². The van der Waals surface area contributed by atoms with Crippen LogP contribution in [0.4, 0.5) is 0 Å². The van der Waals surface area contributed by atoms with Crippen LogP contribution >= 0.6 is 0 Å². The maximum absolute atomic E-state index is 5.46. The Bertz CT molecular complexity index is 178. The molecule has 0 bridgehead atoms. The lowest BCUT2D eigenvalue weighted by Gasteiger charge is -2.27. The molecule has 0 aromatic heterocycles. The lowest BCUT2D eigenvalue weighted by molar-refractivity contribution is 0.0143. The standard InChI is InChI=1S/C12H27N3O3/c1-2-16-9-10-18-12-11-17-8-5-14-15-6-3-13-4-7-15/h13-14H,2-12H2,1H3. The first-order chi connectivity index (χ1) is 8.93. The zero-order valence-corrected chi connectivity index (χ0v) is 11.5. The third-order valence-electron chi connectivity index (χ3n) is 2.65. The van der Waals surface area contributed by atoms with Gasteiger partial charge >= 0.3 is 0 Å². The van der Waals surface area contributed by atoms with Crippen LogP contribution in [0.1, 0.15) is 6.92 Å². The number of hydrogen-bond acceptors (Lipinski definition) is 6. The van der Waals surface area contributed by atoms with Gasteiger partial charge in [-0.15, -0.1) is 0 Å². The van der Waals surface area contributed by atoms with Crippen LogP contribution in [-0.2, 0) is 14.2 Å². The van der Waals surface area contributed by atoms with E-state index in [4.69, 9.17) is 14.2 Å². The molecule has 108 valence electrons. The van der Waals surface area contributed by atoms with E-state index in [-0.39, 0.29) is 0 Å². The van der Waals surface area contributed by atoms with Crippen molar-refractivity contribution >= 4 is 0 Å².